The number of alkyl halides is 3. The summed E-state index contributed by atoms with van der Waals surface area (Å²) in [6.45, 7) is 1.11. The number of carbonyl (C=O) groups excluding carboxylic acids is 2. The van der Waals surface area contributed by atoms with Crippen molar-refractivity contribution < 1.29 is 35.6 Å². The van der Waals surface area contributed by atoms with Crippen molar-refractivity contribution >= 4 is 38.8 Å². The van der Waals surface area contributed by atoms with Gasteiger partial charge in [0, 0.05) is 17.9 Å². The predicted octanol–water partition coefficient (Wildman–Crippen LogP) is 4.82. The molecule has 1 amide bonds. The molecule has 2 aromatic rings. The highest BCUT2D eigenvalue weighted by Crippen LogP contribution is 2.37. The molecule has 0 unspecified atom stereocenters. The molecular weight excluding hydrogens is 512 g/mol. The van der Waals surface area contributed by atoms with Gasteiger partial charge in [-0.3, -0.25) is 9.59 Å². The van der Waals surface area contributed by atoms with E-state index in [9.17, 15) is 35.6 Å². The third kappa shape index (κ3) is 6.02. The number of ketones is 1. The number of carbonyl (C=O) groups is 2. The van der Waals surface area contributed by atoms with E-state index in [-0.39, 0.29) is 31.5 Å². The van der Waals surface area contributed by atoms with Crippen LogP contribution in [0.25, 0.3) is 0 Å². The minimum atomic E-state index is -4.37. The van der Waals surface area contributed by atoms with E-state index >= 15 is 0 Å². The van der Waals surface area contributed by atoms with Gasteiger partial charge in [0.25, 0.3) is 0 Å². The van der Waals surface area contributed by atoms with Gasteiger partial charge >= 0.3 is 6.18 Å². The number of halogens is 5. The molecule has 3 rings (SSSR count). The molecule has 12 heteroatoms. The maximum atomic E-state index is 14.9. The molecule has 1 aliphatic heterocycles. The third-order valence-electron chi connectivity index (χ3n) is 5.86. The van der Waals surface area contributed by atoms with E-state index in [0.717, 1.165) is 11.0 Å². The summed E-state index contributed by atoms with van der Waals surface area (Å²) in [6.07, 6.45) is -6.28. The fourth-order valence-corrected chi connectivity index (χ4v) is 5.53. The zero-order chi connectivity index (χ0) is 26.1. The lowest BCUT2D eigenvalue weighted by Crippen LogP contribution is -2.49. The van der Waals surface area contributed by atoms with Gasteiger partial charge < -0.3 is 10.6 Å². The Balaban J connectivity index is 2.04. The standard InChI is InChI=1S/C23H23ClF4N2O4S/c1-13-21(29)22(32)30(12-14-5-7-15(24)8-6-14)18-10-16(17(25)11-20(18)35(13,33)34)19(31)4-2-3-9-23(26,27)28/h5-8,10-11,13,21H,2-4,9,12,29H2,1H3/t13-,21+/m1/s1. The van der Waals surface area contributed by atoms with Crippen molar-refractivity contribution in [1.29, 1.82) is 0 Å². The lowest BCUT2D eigenvalue weighted by molar-refractivity contribution is -0.135. The average Bonchev–Trinajstić information content (AvgIpc) is 2.82. The number of nitrogens with zero attached hydrogens (tertiary/aromatic N) is 1. The molecule has 0 spiro atoms. The van der Waals surface area contributed by atoms with E-state index < -0.39 is 61.7 Å². The highest BCUT2D eigenvalue weighted by Gasteiger charge is 2.42. The minimum Gasteiger partial charge on any atom is -0.319 e. The van der Waals surface area contributed by atoms with E-state index in [1.54, 1.807) is 24.3 Å². The number of unbranched alkanes of at least 4 members (excludes halogenated alkanes) is 1. The second-order valence-corrected chi connectivity index (χ2v) is 11.1. The number of benzene rings is 2. The van der Waals surface area contributed by atoms with Gasteiger partial charge in [0.15, 0.2) is 15.6 Å². The maximum Gasteiger partial charge on any atom is 0.389 e. The Bertz CT molecular complexity index is 1230. The Morgan fingerprint density at radius 1 is 1.14 bits per heavy atom. The van der Waals surface area contributed by atoms with Crippen molar-refractivity contribution in [2.24, 2.45) is 5.73 Å². The van der Waals surface area contributed by atoms with Crippen LogP contribution in [0.3, 0.4) is 0 Å². The summed E-state index contributed by atoms with van der Waals surface area (Å²) in [5.74, 6) is -2.69. The summed E-state index contributed by atoms with van der Waals surface area (Å²) < 4.78 is 78.2. The van der Waals surface area contributed by atoms with Crippen LogP contribution in [0.15, 0.2) is 41.3 Å². The number of nitrogens with two attached hydrogens (primary N) is 1. The van der Waals surface area contributed by atoms with Crippen LogP contribution in [0.4, 0.5) is 23.2 Å². The number of hydrogen-bond donors (Lipinski definition) is 1. The molecule has 0 fully saturated rings. The fourth-order valence-electron chi connectivity index (χ4n) is 3.77. The van der Waals surface area contributed by atoms with Crippen molar-refractivity contribution in [3.8, 4) is 0 Å². The Labute approximate surface area is 205 Å². The van der Waals surface area contributed by atoms with Crippen LogP contribution in [0.5, 0.6) is 0 Å². The Hall–Kier alpha value is -2.50. The van der Waals surface area contributed by atoms with Crippen molar-refractivity contribution in [3.05, 3.63) is 58.4 Å². The number of amides is 1. The average molecular weight is 535 g/mol. The molecular formula is C23H23ClF4N2O4S. The lowest BCUT2D eigenvalue weighted by Gasteiger charge is -2.25. The summed E-state index contributed by atoms with van der Waals surface area (Å²) in [7, 11) is -4.26. The van der Waals surface area contributed by atoms with Crippen LogP contribution in [-0.2, 0) is 21.2 Å². The predicted molar refractivity (Wildman–Crippen MR) is 123 cm³/mol. The van der Waals surface area contributed by atoms with Gasteiger partial charge in [-0.05, 0) is 49.6 Å². The first-order chi connectivity index (χ1) is 16.2. The molecule has 0 radical (unpaired) electrons. The first kappa shape index (κ1) is 27.1. The zero-order valence-electron chi connectivity index (χ0n) is 18.6. The number of hydrogen-bond acceptors (Lipinski definition) is 5. The second kappa shape index (κ2) is 10.2. The molecule has 6 nitrogen and oxygen atoms in total. The highest BCUT2D eigenvalue weighted by atomic mass is 35.5. The largest absolute Gasteiger partial charge is 0.389 e. The molecule has 1 heterocycles. The van der Waals surface area contributed by atoms with Gasteiger partial charge in [0.2, 0.25) is 5.91 Å². The van der Waals surface area contributed by atoms with Crippen molar-refractivity contribution in [1.82, 2.24) is 0 Å². The van der Waals surface area contributed by atoms with Gasteiger partial charge in [-0.1, -0.05) is 23.7 Å². The third-order valence-corrected chi connectivity index (χ3v) is 8.32. The molecule has 2 atom stereocenters. The summed E-state index contributed by atoms with van der Waals surface area (Å²) >= 11 is 5.90. The molecule has 0 aliphatic carbocycles. The first-order valence-electron chi connectivity index (χ1n) is 10.7. The molecule has 2 N–H and O–H groups in total. The van der Waals surface area contributed by atoms with E-state index in [1.807, 2.05) is 0 Å². The Morgan fingerprint density at radius 3 is 2.37 bits per heavy atom. The topological polar surface area (TPSA) is 97.5 Å². The maximum absolute atomic E-state index is 14.9. The second-order valence-electron chi connectivity index (χ2n) is 8.37. The summed E-state index contributed by atoms with van der Waals surface area (Å²) in [4.78, 5) is 26.4. The smallest absolute Gasteiger partial charge is 0.319 e. The first-order valence-corrected chi connectivity index (χ1v) is 12.6. The van der Waals surface area contributed by atoms with Crippen molar-refractivity contribution in [2.45, 2.75) is 61.5 Å². The highest BCUT2D eigenvalue weighted by molar-refractivity contribution is 7.92. The Kier molecular flexibility index (Phi) is 7.93. The molecule has 0 saturated heterocycles. The normalized spacial score (nSPS) is 19.9. The van der Waals surface area contributed by atoms with E-state index in [0.29, 0.717) is 16.7 Å². The van der Waals surface area contributed by atoms with Crippen molar-refractivity contribution in [2.75, 3.05) is 4.90 Å². The van der Waals surface area contributed by atoms with Gasteiger partial charge in [0.1, 0.15) is 11.9 Å². The van der Waals surface area contributed by atoms with Gasteiger partial charge in [-0.25, -0.2) is 12.8 Å². The van der Waals surface area contributed by atoms with Crippen LogP contribution in [0, 0.1) is 5.82 Å². The summed E-state index contributed by atoms with van der Waals surface area (Å²) in [5, 5.41) is -0.933. The van der Waals surface area contributed by atoms with Crippen LogP contribution >= 0.6 is 11.6 Å². The van der Waals surface area contributed by atoms with Gasteiger partial charge in [-0.2, -0.15) is 13.2 Å². The van der Waals surface area contributed by atoms with Crippen molar-refractivity contribution in [3.63, 3.8) is 0 Å². The number of Topliss-reactive ketones (excluding diaryl/α,β-unsaturated/α-hetero) is 1. The lowest BCUT2D eigenvalue weighted by atomic mass is 10.0. The van der Waals surface area contributed by atoms with Crippen LogP contribution in [0.2, 0.25) is 5.02 Å². The SMILES string of the molecule is C[C@@H]1[C@H](N)C(=O)N(Cc2ccc(Cl)cc2)c2cc(C(=O)CCCCC(F)(F)F)c(F)cc2S1(=O)=O. The number of rotatable bonds is 7. The van der Waals surface area contributed by atoms with Gasteiger partial charge in [0.05, 0.1) is 27.9 Å². The fraction of sp³-hybridized carbons (Fsp3) is 0.391. The molecule has 0 saturated carbocycles. The molecule has 0 aromatic heterocycles. The molecule has 1 aliphatic rings. The monoisotopic (exact) mass is 534 g/mol. The number of fused-ring (bicyclic) bond motifs is 1. The molecule has 0 bridgehead atoms. The van der Waals surface area contributed by atoms with Crippen LogP contribution in [-0.4, -0.2) is 37.6 Å². The quantitative estimate of drug-likeness (QED) is 0.312. The van der Waals surface area contributed by atoms with Crippen LogP contribution in [0.1, 0.15) is 48.5 Å². The molecule has 2 aromatic carbocycles. The van der Waals surface area contributed by atoms with Gasteiger partial charge in [-0.15, -0.1) is 0 Å². The molecule has 35 heavy (non-hydrogen) atoms. The van der Waals surface area contributed by atoms with E-state index in [4.69, 9.17) is 17.3 Å². The van der Waals surface area contributed by atoms with E-state index in [2.05, 4.69) is 0 Å². The molecule has 190 valence electrons. The number of anilines is 1. The van der Waals surface area contributed by atoms with E-state index in [1.165, 1.54) is 6.92 Å². The Morgan fingerprint density at radius 2 is 1.77 bits per heavy atom. The minimum absolute atomic E-state index is 0.135. The number of sulfone groups is 1. The zero-order valence-corrected chi connectivity index (χ0v) is 20.2. The summed E-state index contributed by atoms with van der Waals surface area (Å²) in [5.41, 5.74) is 5.79. The van der Waals surface area contributed by atoms with Crippen LogP contribution < -0.4 is 10.6 Å². The summed E-state index contributed by atoms with van der Waals surface area (Å²) in [6, 6.07) is 6.54.